The molecule has 146 valence electrons. The van der Waals surface area contributed by atoms with E-state index in [1.165, 1.54) is 18.4 Å². The summed E-state index contributed by atoms with van der Waals surface area (Å²) >= 11 is 6.10. The van der Waals surface area contributed by atoms with Gasteiger partial charge in [0.05, 0.1) is 0 Å². The Morgan fingerprint density at radius 3 is 2.86 bits per heavy atom. The molecule has 1 aromatic heterocycles. The molecule has 1 fully saturated rings. The smallest absolute Gasteiger partial charge is 0.239 e. The third kappa shape index (κ3) is 4.75. The largest absolute Gasteiger partial charge is 0.354 e. The highest BCUT2D eigenvalue weighted by molar-refractivity contribution is 6.31. The van der Waals surface area contributed by atoms with Gasteiger partial charge in [0.25, 0.3) is 0 Å². The Hall–Kier alpha value is -2.30. The first kappa shape index (κ1) is 19.0. The van der Waals surface area contributed by atoms with E-state index in [4.69, 9.17) is 11.6 Å². The summed E-state index contributed by atoms with van der Waals surface area (Å²) in [5.74, 6) is 0.565. The van der Waals surface area contributed by atoms with Crippen molar-refractivity contribution in [3.63, 3.8) is 0 Å². The zero-order valence-electron chi connectivity index (χ0n) is 16.0. The van der Waals surface area contributed by atoms with Gasteiger partial charge in [-0.05, 0) is 54.5 Å². The van der Waals surface area contributed by atoms with Gasteiger partial charge in [-0.2, -0.15) is 0 Å². The molecule has 2 heterocycles. The highest BCUT2D eigenvalue weighted by Crippen LogP contribution is 2.21. The first-order chi connectivity index (χ1) is 13.7. The predicted molar refractivity (Wildman–Crippen MR) is 114 cm³/mol. The standard InChI is InChI=1S/C23H26ClN3O/c24-21-9-8-20-10-12-27(22(20)13-21)17-23(28)25-14-19-7-4-11-26(16-19)15-18-5-2-1-3-6-18/h1-3,5-6,8-10,12-13,19H,4,7,11,14-17H2,(H,25,28). The Morgan fingerprint density at radius 2 is 2.00 bits per heavy atom. The van der Waals surface area contributed by atoms with Crippen LogP contribution in [0.1, 0.15) is 18.4 Å². The third-order valence-corrected chi connectivity index (χ3v) is 5.73. The van der Waals surface area contributed by atoms with E-state index in [0.717, 1.165) is 37.1 Å². The van der Waals surface area contributed by atoms with Gasteiger partial charge < -0.3 is 9.88 Å². The van der Waals surface area contributed by atoms with Crippen molar-refractivity contribution in [1.82, 2.24) is 14.8 Å². The number of likely N-dealkylation sites (tertiary alicyclic amines) is 1. The van der Waals surface area contributed by atoms with Crippen LogP contribution in [0.25, 0.3) is 10.9 Å². The lowest BCUT2D eigenvalue weighted by atomic mass is 9.97. The lowest BCUT2D eigenvalue weighted by Crippen LogP contribution is -2.41. The summed E-state index contributed by atoms with van der Waals surface area (Å²) in [5.41, 5.74) is 2.35. The number of hydrogen-bond acceptors (Lipinski definition) is 2. The molecule has 1 aliphatic heterocycles. The van der Waals surface area contributed by atoms with Crippen molar-refractivity contribution in [2.75, 3.05) is 19.6 Å². The minimum absolute atomic E-state index is 0.0534. The molecule has 2 aromatic carbocycles. The van der Waals surface area contributed by atoms with Crippen molar-refractivity contribution in [2.24, 2.45) is 5.92 Å². The molecule has 28 heavy (non-hydrogen) atoms. The fourth-order valence-electron chi connectivity index (χ4n) is 4.07. The SMILES string of the molecule is O=C(Cn1ccc2ccc(Cl)cc21)NCC1CCCN(Cc2ccccc2)C1. The fourth-order valence-corrected chi connectivity index (χ4v) is 4.23. The molecule has 1 aliphatic rings. The van der Waals surface area contributed by atoms with Crippen LogP contribution in [0.2, 0.25) is 5.02 Å². The number of benzene rings is 2. The Labute approximate surface area is 171 Å². The molecular formula is C23H26ClN3O. The van der Waals surface area contributed by atoms with Gasteiger partial charge in [-0.3, -0.25) is 9.69 Å². The van der Waals surface area contributed by atoms with Gasteiger partial charge in [0, 0.05) is 36.4 Å². The number of nitrogens with one attached hydrogen (secondary N) is 1. The minimum atomic E-state index is 0.0534. The molecule has 3 aromatic rings. The molecule has 5 heteroatoms. The van der Waals surface area contributed by atoms with Crippen molar-refractivity contribution in [2.45, 2.75) is 25.9 Å². The number of hydrogen-bond donors (Lipinski definition) is 1. The number of carbonyl (C=O) groups excluding carboxylic acids is 1. The molecule has 1 unspecified atom stereocenters. The molecular weight excluding hydrogens is 370 g/mol. The van der Waals surface area contributed by atoms with E-state index < -0.39 is 0 Å². The molecule has 0 radical (unpaired) electrons. The van der Waals surface area contributed by atoms with Crippen molar-refractivity contribution in [1.29, 1.82) is 0 Å². The number of halogens is 1. The maximum Gasteiger partial charge on any atom is 0.239 e. The molecule has 0 aliphatic carbocycles. The zero-order valence-corrected chi connectivity index (χ0v) is 16.7. The van der Waals surface area contributed by atoms with Gasteiger partial charge in [0.1, 0.15) is 6.54 Å². The average Bonchev–Trinajstić information content (AvgIpc) is 3.09. The second-order valence-corrected chi connectivity index (χ2v) is 8.12. The van der Waals surface area contributed by atoms with Gasteiger partial charge in [0.15, 0.2) is 0 Å². The summed E-state index contributed by atoms with van der Waals surface area (Å²) in [7, 11) is 0. The van der Waals surface area contributed by atoms with Gasteiger partial charge in [-0.25, -0.2) is 0 Å². The number of amides is 1. The molecule has 0 bridgehead atoms. The van der Waals surface area contributed by atoms with Crippen molar-refractivity contribution >= 4 is 28.4 Å². The number of carbonyl (C=O) groups is 1. The van der Waals surface area contributed by atoms with Crippen LogP contribution in [0.5, 0.6) is 0 Å². The molecule has 4 nitrogen and oxygen atoms in total. The van der Waals surface area contributed by atoms with Crippen molar-refractivity contribution in [3.05, 3.63) is 71.4 Å². The van der Waals surface area contributed by atoms with E-state index >= 15 is 0 Å². The average molecular weight is 396 g/mol. The molecule has 1 saturated heterocycles. The fraction of sp³-hybridized carbons (Fsp3) is 0.348. The maximum absolute atomic E-state index is 12.5. The Bertz CT molecular complexity index is 937. The number of piperidine rings is 1. The molecule has 1 N–H and O–H groups in total. The first-order valence-electron chi connectivity index (χ1n) is 9.95. The van der Waals surface area contributed by atoms with E-state index in [0.29, 0.717) is 17.5 Å². The van der Waals surface area contributed by atoms with Crippen LogP contribution in [0.4, 0.5) is 0 Å². The van der Waals surface area contributed by atoms with E-state index in [-0.39, 0.29) is 5.91 Å². The van der Waals surface area contributed by atoms with E-state index in [2.05, 4.69) is 40.5 Å². The van der Waals surface area contributed by atoms with Gasteiger partial charge >= 0.3 is 0 Å². The van der Waals surface area contributed by atoms with Crippen LogP contribution in [0.3, 0.4) is 0 Å². The monoisotopic (exact) mass is 395 g/mol. The van der Waals surface area contributed by atoms with Gasteiger partial charge in [-0.1, -0.05) is 48.0 Å². The second kappa shape index (κ2) is 8.80. The summed E-state index contributed by atoms with van der Waals surface area (Å²) in [6, 6.07) is 18.4. The lowest BCUT2D eigenvalue weighted by Gasteiger charge is -2.32. The van der Waals surface area contributed by atoms with Crippen LogP contribution >= 0.6 is 11.6 Å². The summed E-state index contributed by atoms with van der Waals surface area (Å²) in [6.45, 7) is 4.22. The Kier molecular flexibility index (Phi) is 5.98. The molecule has 1 amide bonds. The van der Waals surface area contributed by atoms with E-state index in [1.54, 1.807) is 0 Å². The Balaban J connectivity index is 1.28. The van der Waals surface area contributed by atoms with Crippen LogP contribution in [0.15, 0.2) is 60.8 Å². The number of aromatic nitrogens is 1. The lowest BCUT2D eigenvalue weighted by molar-refractivity contribution is -0.121. The topological polar surface area (TPSA) is 37.3 Å². The normalized spacial score (nSPS) is 17.7. The second-order valence-electron chi connectivity index (χ2n) is 7.68. The van der Waals surface area contributed by atoms with E-state index in [9.17, 15) is 4.79 Å². The summed E-state index contributed by atoms with van der Waals surface area (Å²) in [4.78, 5) is 15.0. The van der Waals surface area contributed by atoms with Crippen molar-refractivity contribution in [3.8, 4) is 0 Å². The van der Waals surface area contributed by atoms with Crippen LogP contribution in [-0.2, 0) is 17.9 Å². The van der Waals surface area contributed by atoms with Crippen LogP contribution in [-0.4, -0.2) is 35.0 Å². The third-order valence-electron chi connectivity index (χ3n) is 5.49. The number of nitrogens with zero attached hydrogens (tertiary/aromatic N) is 2. The highest BCUT2D eigenvalue weighted by atomic mass is 35.5. The summed E-state index contributed by atoms with van der Waals surface area (Å²) < 4.78 is 1.96. The summed E-state index contributed by atoms with van der Waals surface area (Å²) in [5, 5.41) is 4.92. The molecule has 1 atom stereocenters. The predicted octanol–water partition coefficient (Wildman–Crippen LogP) is 4.32. The molecule has 0 spiro atoms. The van der Waals surface area contributed by atoms with Crippen molar-refractivity contribution < 1.29 is 4.79 Å². The number of rotatable bonds is 6. The molecule has 4 rings (SSSR count). The van der Waals surface area contributed by atoms with Gasteiger partial charge in [-0.15, -0.1) is 0 Å². The van der Waals surface area contributed by atoms with Crippen LogP contribution in [0, 0.1) is 5.92 Å². The van der Waals surface area contributed by atoms with Crippen LogP contribution < -0.4 is 5.32 Å². The highest BCUT2D eigenvalue weighted by Gasteiger charge is 2.20. The quantitative estimate of drug-likeness (QED) is 0.674. The Morgan fingerprint density at radius 1 is 1.14 bits per heavy atom. The van der Waals surface area contributed by atoms with E-state index in [1.807, 2.05) is 35.0 Å². The maximum atomic E-state index is 12.5. The zero-order chi connectivity index (χ0) is 19.3. The minimum Gasteiger partial charge on any atom is -0.354 e. The number of fused-ring (bicyclic) bond motifs is 1. The van der Waals surface area contributed by atoms with Gasteiger partial charge in [0.2, 0.25) is 5.91 Å². The summed E-state index contributed by atoms with van der Waals surface area (Å²) in [6.07, 6.45) is 4.31. The first-order valence-corrected chi connectivity index (χ1v) is 10.3. The molecule has 0 saturated carbocycles.